The maximum absolute atomic E-state index is 5.72. The molecule has 1 heterocycles. The number of aryl methyl sites for hydroxylation is 2. The Bertz CT molecular complexity index is 288. The van der Waals surface area contributed by atoms with Gasteiger partial charge in [0.1, 0.15) is 0 Å². The van der Waals surface area contributed by atoms with Crippen LogP contribution in [0.15, 0.2) is 0 Å². The Morgan fingerprint density at radius 3 is 3.15 bits per heavy atom. The van der Waals surface area contributed by atoms with E-state index < -0.39 is 0 Å². The SMILES string of the molecule is C[C@H](N)CCc1n[nH]c2c1CCC2. The molecule has 1 aliphatic carbocycles. The van der Waals surface area contributed by atoms with Gasteiger partial charge in [0.25, 0.3) is 0 Å². The predicted molar refractivity (Wildman–Crippen MR) is 52.6 cm³/mol. The van der Waals surface area contributed by atoms with Crippen LogP contribution in [-0.2, 0) is 19.3 Å². The van der Waals surface area contributed by atoms with Gasteiger partial charge in [0, 0.05) is 11.7 Å². The maximum Gasteiger partial charge on any atom is 0.0657 e. The second-order valence-electron chi connectivity index (χ2n) is 4.00. The Labute approximate surface area is 78.7 Å². The van der Waals surface area contributed by atoms with Crippen molar-refractivity contribution in [1.29, 1.82) is 0 Å². The molecule has 1 aromatic rings. The van der Waals surface area contributed by atoms with Crippen LogP contribution in [0.5, 0.6) is 0 Å². The molecule has 0 amide bonds. The van der Waals surface area contributed by atoms with Crippen molar-refractivity contribution >= 4 is 0 Å². The van der Waals surface area contributed by atoms with Crippen LogP contribution in [-0.4, -0.2) is 16.2 Å². The van der Waals surface area contributed by atoms with E-state index in [1.165, 1.54) is 36.2 Å². The standard InChI is InChI=1S/C10H17N3/c1-7(11)5-6-10-8-3-2-4-9(8)12-13-10/h7H,2-6,11H2,1H3,(H,12,13)/t7-/m0/s1. The highest BCUT2D eigenvalue weighted by atomic mass is 15.1. The van der Waals surface area contributed by atoms with Crippen molar-refractivity contribution in [2.45, 2.75) is 45.1 Å². The Kier molecular flexibility index (Phi) is 2.36. The van der Waals surface area contributed by atoms with E-state index in [2.05, 4.69) is 10.2 Å². The van der Waals surface area contributed by atoms with Crippen molar-refractivity contribution in [3.8, 4) is 0 Å². The molecular formula is C10H17N3. The third-order valence-corrected chi connectivity index (χ3v) is 2.73. The van der Waals surface area contributed by atoms with Crippen molar-refractivity contribution in [2.24, 2.45) is 5.73 Å². The lowest BCUT2D eigenvalue weighted by molar-refractivity contribution is 0.652. The normalized spacial score (nSPS) is 17.4. The van der Waals surface area contributed by atoms with Gasteiger partial charge in [0.15, 0.2) is 0 Å². The first kappa shape index (κ1) is 8.75. The van der Waals surface area contributed by atoms with E-state index in [0.717, 1.165) is 12.8 Å². The van der Waals surface area contributed by atoms with E-state index in [4.69, 9.17) is 5.73 Å². The fourth-order valence-corrected chi connectivity index (χ4v) is 1.96. The zero-order valence-electron chi connectivity index (χ0n) is 8.14. The molecule has 0 spiro atoms. The third-order valence-electron chi connectivity index (χ3n) is 2.73. The molecule has 2 rings (SSSR count). The minimum atomic E-state index is 0.286. The van der Waals surface area contributed by atoms with Gasteiger partial charge in [-0.05, 0) is 44.6 Å². The molecule has 3 heteroatoms. The molecule has 0 bridgehead atoms. The predicted octanol–water partition coefficient (Wildman–Crippen LogP) is 1.18. The van der Waals surface area contributed by atoms with Crippen LogP contribution in [0, 0.1) is 0 Å². The van der Waals surface area contributed by atoms with Crippen LogP contribution in [0.1, 0.15) is 36.7 Å². The summed E-state index contributed by atoms with van der Waals surface area (Å²) in [5, 5.41) is 7.45. The molecule has 72 valence electrons. The van der Waals surface area contributed by atoms with Crippen LogP contribution in [0.25, 0.3) is 0 Å². The van der Waals surface area contributed by atoms with Crippen LogP contribution in [0.4, 0.5) is 0 Å². The van der Waals surface area contributed by atoms with Gasteiger partial charge in [-0.15, -0.1) is 0 Å². The highest BCUT2D eigenvalue weighted by Gasteiger charge is 2.17. The van der Waals surface area contributed by atoms with Gasteiger partial charge in [-0.2, -0.15) is 5.10 Å². The number of rotatable bonds is 3. The monoisotopic (exact) mass is 179 g/mol. The van der Waals surface area contributed by atoms with Crippen molar-refractivity contribution in [3.05, 3.63) is 17.0 Å². The quantitative estimate of drug-likeness (QED) is 0.732. The van der Waals surface area contributed by atoms with Crippen molar-refractivity contribution in [3.63, 3.8) is 0 Å². The van der Waals surface area contributed by atoms with Gasteiger partial charge >= 0.3 is 0 Å². The molecule has 3 N–H and O–H groups in total. The minimum absolute atomic E-state index is 0.286. The van der Waals surface area contributed by atoms with Crippen LogP contribution < -0.4 is 5.73 Å². The zero-order chi connectivity index (χ0) is 9.26. The lowest BCUT2D eigenvalue weighted by atomic mass is 10.1. The Morgan fingerprint density at radius 2 is 2.38 bits per heavy atom. The number of nitrogens with zero attached hydrogens (tertiary/aromatic N) is 1. The molecule has 0 saturated carbocycles. The molecule has 0 saturated heterocycles. The highest BCUT2D eigenvalue weighted by Crippen LogP contribution is 2.23. The van der Waals surface area contributed by atoms with Gasteiger partial charge in [-0.25, -0.2) is 0 Å². The Hall–Kier alpha value is -0.830. The van der Waals surface area contributed by atoms with Crippen molar-refractivity contribution in [2.75, 3.05) is 0 Å². The first-order chi connectivity index (χ1) is 6.27. The van der Waals surface area contributed by atoms with Gasteiger partial charge in [-0.3, -0.25) is 5.10 Å². The van der Waals surface area contributed by atoms with Crippen molar-refractivity contribution < 1.29 is 0 Å². The molecule has 13 heavy (non-hydrogen) atoms. The van der Waals surface area contributed by atoms with Gasteiger partial charge < -0.3 is 5.73 Å². The van der Waals surface area contributed by atoms with Gasteiger partial charge in [0.2, 0.25) is 0 Å². The number of aromatic amines is 1. The first-order valence-electron chi connectivity index (χ1n) is 5.08. The smallest absolute Gasteiger partial charge is 0.0657 e. The number of hydrogen-bond donors (Lipinski definition) is 2. The van der Waals surface area contributed by atoms with E-state index in [1.807, 2.05) is 6.92 Å². The summed E-state index contributed by atoms with van der Waals surface area (Å²) in [6, 6.07) is 0.286. The largest absolute Gasteiger partial charge is 0.328 e. The second-order valence-corrected chi connectivity index (χ2v) is 4.00. The number of nitrogens with two attached hydrogens (primary N) is 1. The third kappa shape index (κ3) is 1.75. The summed E-state index contributed by atoms with van der Waals surface area (Å²) in [5.41, 5.74) is 9.80. The topological polar surface area (TPSA) is 54.7 Å². The molecule has 1 aliphatic rings. The number of aromatic nitrogens is 2. The summed E-state index contributed by atoms with van der Waals surface area (Å²) >= 11 is 0. The molecule has 1 aromatic heterocycles. The van der Waals surface area contributed by atoms with Crippen LogP contribution in [0.3, 0.4) is 0 Å². The Balaban J connectivity index is 2.04. The fraction of sp³-hybridized carbons (Fsp3) is 0.700. The van der Waals surface area contributed by atoms with E-state index >= 15 is 0 Å². The molecule has 0 radical (unpaired) electrons. The first-order valence-corrected chi connectivity index (χ1v) is 5.08. The average Bonchev–Trinajstić information content (AvgIpc) is 2.60. The van der Waals surface area contributed by atoms with Crippen LogP contribution in [0.2, 0.25) is 0 Å². The summed E-state index contributed by atoms with van der Waals surface area (Å²) in [4.78, 5) is 0. The summed E-state index contributed by atoms with van der Waals surface area (Å²) in [6.45, 7) is 2.05. The summed E-state index contributed by atoms with van der Waals surface area (Å²) < 4.78 is 0. The summed E-state index contributed by atoms with van der Waals surface area (Å²) in [6.07, 6.45) is 5.75. The lowest BCUT2D eigenvalue weighted by Crippen LogP contribution is -2.15. The van der Waals surface area contributed by atoms with Crippen LogP contribution >= 0.6 is 0 Å². The lowest BCUT2D eigenvalue weighted by Gasteiger charge is -2.02. The zero-order valence-corrected chi connectivity index (χ0v) is 8.14. The second kappa shape index (κ2) is 3.50. The number of H-pyrrole nitrogens is 1. The number of nitrogens with one attached hydrogen (secondary N) is 1. The molecule has 3 nitrogen and oxygen atoms in total. The minimum Gasteiger partial charge on any atom is -0.328 e. The fourth-order valence-electron chi connectivity index (χ4n) is 1.96. The summed E-state index contributed by atoms with van der Waals surface area (Å²) in [5.74, 6) is 0. The van der Waals surface area contributed by atoms with Crippen molar-refractivity contribution in [1.82, 2.24) is 10.2 Å². The van der Waals surface area contributed by atoms with E-state index in [9.17, 15) is 0 Å². The Morgan fingerprint density at radius 1 is 1.54 bits per heavy atom. The van der Waals surface area contributed by atoms with E-state index in [-0.39, 0.29) is 6.04 Å². The maximum atomic E-state index is 5.72. The molecule has 0 aliphatic heterocycles. The summed E-state index contributed by atoms with van der Waals surface area (Å²) in [7, 11) is 0. The molecule has 0 fully saturated rings. The van der Waals surface area contributed by atoms with E-state index in [0.29, 0.717) is 0 Å². The highest BCUT2D eigenvalue weighted by molar-refractivity contribution is 5.29. The molecule has 0 aromatic carbocycles. The number of fused-ring (bicyclic) bond motifs is 1. The average molecular weight is 179 g/mol. The molecular weight excluding hydrogens is 162 g/mol. The van der Waals surface area contributed by atoms with E-state index in [1.54, 1.807) is 0 Å². The van der Waals surface area contributed by atoms with Gasteiger partial charge in [0.05, 0.1) is 5.69 Å². The molecule has 1 atom stereocenters. The molecule has 0 unspecified atom stereocenters. The van der Waals surface area contributed by atoms with Gasteiger partial charge in [-0.1, -0.05) is 0 Å². The number of hydrogen-bond acceptors (Lipinski definition) is 2.